The van der Waals surface area contributed by atoms with Crippen molar-refractivity contribution >= 4 is 45.9 Å². The van der Waals surface area contributed by atoms with Gasteiger partial charge in [0.1, 0.15) is 0 Å². The maximum absolute atomic E-state index is 10.0. The first-order valence-electron chi connectivity index (χ1n) is 10.3. The summed E-state index contributed by atoms with van der Waals surface area (Å²) < 4.78 is 1.13. The summed E-state index contributed by atoms with van der Waals surface area (Å²) in [6.45, 7) is 6.92. The molecule has 1 aliphatic heterocycles. The van der Waals surface area contributed by atoms with Crippen molar-refractivity contribution in [3.05, 3.63) is 34.3 Å². The van der Waals surface area contributed by atoms with Gasteiger partial charge in [0.05, 0.1) is 6.10 Å². The van der Waals surface area contributed by atoms with Crippen LogP contribution in [0.2, 0.25) is 0 Å². The molecule has 1 saturated heterocycles. The molecule has 1 saturated carbocycles. The van der Waals surface area contributed by atoms with Crippen LogP contribution in [0.15, 0.2) is 33.7 Å². The number of aliphatic hydroxyl groups excluding tert-OH is 1. The Bertz CT molecular complexity index is 605. The zero-order chi connectivity index (χ0) is 19.1. The molecule has 2 atom stereocenters. The normalized spacial score (nSPS) is 24.0. The molecular formula is C21H34BrIN4O. The highest BCUT2D eigenvalue weighted by Gasteiger charge is 2.25. The van der Waals surface area contributed by atoms with Crippen LogP contribution in [0.25, 0.3) is 0 Å². The van der Waals surface area contributed by atoms with Crippen LogP contribution in [0.3, 0.4) is 0 Å². The number of rotatable bonds is 6. The Morgan fingerprint density at radius 2 is 1.89 bits per heavy atom. The van der Waals surface area contributed by atoms with Gasteiger partial charge in [-0.15, -0.1) is 24.0 Å². The average molecular weight is 565 g/mol. The second kappa shape index (κ2) is 12.3. The van der Waals surface area contributed by atoms with Gasteiger partial charge in [-0.2, -0.15) is 0 Å². The Balaban J connectivity index is 0.00000280. The molecule has 0 spiro atoms. The highest BCUT2D eigenvalue weighted by atomic mass is 127. The number of benzene rings is 1. The first-order chi connectivity index (χ1) is 13.1. The fraction of sp³-hybridized carbons (Fsp3) is 0.667. The summed E-state index contributed by atoms with van der Waals surface area (Å²) in [4.78, 5) is 7.28. The summed E-state index contributed by atoms with van der Waals surface area (Å²) in [5.74, 6) is 1.23. The quantitative estimate of drug-likeness (QED) is 0.280. The molecule has 158 valence electrons. The molecule has 2 fully saturated rings. The van der Waals surface area contributed by atoms with E-state index in [2.05, 4.69) is 62.7 Å². The van der Waals surface area contributed by atoms with Gasteiger partial charge in [0.25, 0.3) is 0 Å². The number of aliphatic imine (C=N–C) groups is 1. The summed E-state index contributed by atoms with van der Waals surface area (Å²) in [6.07, 6.45) is 5.25. The topological polar surface area (TPSA) is 59.9 Å². The zero-order valence-corrected chi connectivity index (χ0v) is 20.7. The lowest BCUT2D eigenvalue weighted by atomic mass is 10.0. The first-order valence-corrected chi connectivity index (χ1v) is 11.1. The van der Waals surface area contributed by atoms with Crippen molar-refractivity contribution in [1.29, 1.82) is 0 Å². The van der Waals surface area contributed by atoms with E-state index in [1.165, 1.54) is 5.56 Å². The number of nitrogens with one attached hydrogen (secondary N) is 2. The van der Waals surface area contributed by atoms with Crippen molar-refractivity contribution < 1.29 is 5.11 Å². The largest absolute Gasteiger partial charge is 0.393 e. The lowest BCUT2D eigenvalue weighted by molar-refractivity contribution is 0.136. The molecule has 0 amide bonds. The Kier molecular flexibility index (Phi) is 10.5. The fourth-order valence-corrected chi connectivity index (χ4v) is 4.30. The lowest BCUT2D eigenvalue weighted by Gasteiger charge is -2.33. The van der Waals surface area contributed by atoms with E-state index in [1.807, 2.05) is 0 Å². The number of likely N-dealkylation sites (tertiary alicyclic amines) is 1. The van der Waals surface area contributed by atoms with E-state index in [1.54, 1.807) is 0 Å². The summed E-state index contributed by atoms with van der Waals surface area (Å²) >= 11 is 3.50. The predicted octanol–water partition coefficient (Wildman–Crippen LogP) is 3.75. The summed E-state index contributed by atoms with van der Waals surface area (Å²) in [5.41, 5.74) is 1.37. The Labute approximate surface area is 194 Å². The van der Waals surface area contributed by atoms with E-state index in [0.717, 1.165) is 75.3 Å². The van der Waals surface area contributed by atoms with Gasteiger partial charge in [-0.25, -0.2) is 0 Å². The Morgan fingerprint density at radius 1 is 1.18 bits per heavy atom. The van der Waals surface area contributed by atoms with E-state index >= 15 is 0 Å². The molecule has 3 N–H and O–H groups in total. The molecule has 0 radical (unpaired) electrons. The number of hydrogen-bond donors (Lipinski definition) is 3. The number of piperidine rings is 1. The maximum atomic E-state index is 10.0. The van der Waals surface area contributed by atoms with Crippen molar-refractivity contribution in [2.75, 3.05) is 26.2 Å². The third-order valence-corrected chi connectivity index (χ3v) is 6.22. The molecule has 5 nitrogen and oxygen atoms in total. The number of aliphatic hydroxyl groups is 1. The molecule has 2 unspecified atom stereocenters. The van der Waals surface area contributed by atoms with Crippen LogP contribution in [-0.4, -0.2) is 54.3 Å². The molecule has 0 aromatic heterocycles. The number of guanidine groups is 1. The molecule has 3 rings (SSSR count). The highest BCUT2D eigenvalue weighted by molar-refractivity contribution is 14.0. The standard InChI is InChI=1S/C21H33BrN4O.HI/c1-2-23-21(24-14-17-4-3-5-20(17)27)25-19-10-12-26(13-11-19)15-16-6-8-18(22)9-7-16;/h6-9,17,19-20,27H,2-5,10-15H2,1H3,(H2,23,24,25);1H. The number of halogens is 2. The smallest absolute Gasteiger partial charge is 0.191 e. The fourth-order valence-electron chi connectivity index (χ4n) is 4.04. The third kappa shape index (κ3) is 7.46. The van der Waals surface area contributed by atoms with Gasteiger partial charge < -0.3 is 15.7 Å². The highest BCUT2D eigenvalue weighted by Crippen LogP contribution is 2.25. The Morgan fingerprint density at radius 3 is 2.50 bits per heavy atom. The van der Waals surface area contributed by atoms with Crippen molar-refractivity contribution in [2.45, 2.75) is 57.7 Å². The zero-order valence-electron chi connectivity index (χ0n) is 16.7. The molecule has 1 heterocycles. The van der Waals surface area contributed by atoms with Gasteiger partial charge in [-0.3, -0.25) is 9.89 Å². The molecule has 1 aromatic carbocycles. The van der Waals surface area contributed by atoms with Crippen LogP contribution in [0.4, 0.5) is 0 Å². The van der Waals surface area contributed by atoms with E-state index in [-0.39, 0.29) is 30.1 Å². The molecule has 1 aromatic rings. The predicted molar refractivity (Wildman–Crippen MR) is 130 cm³/mol. The van der Waals surface area contributed by atoms with E-state index in [9.17, 15) is 5.11 Å². The van der Waals surface area contributed by atoms with Gasteiger partial charge in [0, 0.05) is 49.2 Å². The second-order valence-corrected chi connectivity index (χ2v) is 8.71. The van der Waals surface area contributed by atoms with E-state index < -0.39 is 0 Å². The molecule has 28 heavy (non-hydrogen) atoms. The summed E-state index contributed by atoms with van der Waals surface area (Å²) in [6, 6.07) is 9.09. The SMILES string of the molecule is CCNC(=NCC1CCCC1O)NC1CCN(Cc2ccc(Br)cc2)CC1.I. The van der Waals surface area contributed by atoms with Gasteiger partial charge in [-0.05, 0) is 50.3 Å². The van der Waals surface area contributed by atoms with Crippen LogP contribution in [-0.2, 0) is 6.54 Å². The van der Waals surface area contributed by atoms with E-state index in [0.29, 0.717) is 12.0 Å². The van der Waals surface area contributed by atoms with Gasteiger partial charge >= 0.3 is 0 Å². The maximum Gasteiger partial charge on any atom is 0.191 e. The molecule has 7 heteroatoms. The Hall–Kier alpha value is -0.380. The van der Waals surface area contributed by atoms with Crippen molar-refractivity contribution in [2.24, 2.45) is 10.9 Å². The minimum Gasteiger partial charge on any atom is -0.393 e. The molecular weight excluding hydrogens is 531 g/mol. The summed E-state index contributed by atoms with van der Waals surface area (Å²) in [5, 5.41) is 17.0. The third-order valence-electron chi connectivity index (χ3n) is 5.69. The van der Waals surface area contributed by atoms with Gasteiger partial charge in [0.2, 0.25) is 0 Å². The summed E-state index contributed by atoms with van der Waals surface area (Å²) in [7, 11) is 0. The number of hydrogen-bond acceptors (Lipinski definition) is 3. The average Bonchev–Trinajstić information content (AvgIpc) is 3.08. The minimum atomic E-state index is -0.168. The first kappa shape index (κ1) is 23.9. The van der Waals surface area contributed by atoms with Crippen molar-refractivity contribution in [3.63, 3.8) is 0 Å². The second-order valence-electron chi connectivity index (χ2n) is 7.80. The van der Waals surface area contributed by atoms with Crippen LogP contribution >= 0.6 is 39.9 Å². The minimum absolute atomic E-state index is 0. The van der Waals surface area contributed by atoms with Crippen LogP contribution in [0, 0.1) is 5.92 Å². The van der Waals surface area contributed by atoms with Gasteiger partial charge in [0.15, 0.2) is 5.96 Å². The molecule has 1 aliphatic carbocycles. The van der Waals surface area contributed by atoms with Crippen molar-refractivity contribution in [1.82, 2.24) is 15.5 Å². The molecule has 2 aliphatic rings. The van der Waals surface area contributed by atoms with Crippen LogP contribution < -0.4 is 10.6 Å². The van der Waals surface area contributed by atoms with Gasteiger partial charge in [-0.1, -0.05) is 34.5 Å². The van der Waals surface area contributed by atoms with Crippen molar-refractivity contribution in [3.8, 4) is 0 Å². The monoisotopic (exact) mass is 564 g/mol. The molecule has 0 bridgehead atoms. The van der Waals surface area contributed by atoms with Crippen LogP contribution in [0.5, 0.6) is 0 Å². The van der Waals surface area contributed by atoms with Crippen LogP contribution in [0.1, 0.15) is 44.6 Å². The van der Waals surface area contributed by atoms with E-state index in [4.69, 9.17) is 4.99 Å². The number of nitrogens with zero attached hydrogens (tertiary/aromatic N) is 2. The lowest BCUT2D eigenvalue weighted by Crippen LogP contribution is -2.48.